The standard InChI is InChI=1S/2C2F3O.Au/c2*3-2(4,5)1-6;. The molecule has 0 aliphatic rings. The van der Waals surface area contributed by atoms with Gasteiger partial charge in [0.1, 0.15) is 0 Å². The number of alkyl halides is 6. The van der Waals surface area contributed by atoms with Gasteiger partial charge in [-0.3, -0.25) is 0 Å². The van der Waals surface area contributed by atoms with Crippen molar-refractivity contribution in [1.29, 1.82) is 0 Å². The second-order valence-corrected chi connectivity index (χ2v) is 4.06. The molecule has 0 saturated heterocycles. The first-order valence-electron chi connectivity index (χ1n) is 2.34. The van der Waals surface area contributed by atoms with Crippen LogP contribution in [0.15, 0.2) is 0 Å². The van der Waals surface area contributed by atoms with Crippen LogP contribution in [-0.4, -0.2) is 20.4 Å². The van der Waals surface area contributed by atoms with Gasteiger partial charge in [0, 0.05) is 0 Å². The van der Waals surface area contributed by atoms with Crippen molar-refractivity contribution in [3.05, 3.63) is 0 Å². The number of hydrogen-bond acceptors (Lipinski definition) is 2. The average molecular weight is 391 g/mol. The second kappa shape index (κ2) is 3.81. The summed E-state index contributed by atoms with van der Waals surface area (Å²) in [6, 6.07) is 0. The van der Waals surface area contributed by atoms with Gasteiger partial charge < -0.3 is 0 Å². The van der Waals surface area contributed by atoms with E-state index in [-0.39, 0.29) is 0 Å². The molecular formula is C4AuF6O2. The predicted molar refractivity (Wildman–Crippen MR) is 22.1 cm³/mol. The normalized spacial score (nSPS) is 13.1. The van der Waals surface area contributed by atoms with Crippen LogP contribution in [0.2, 0.25) is 0 Å². The van der Waals surface area contributed by atoms with E-state index in [0.717, 1.165) is 0 Å². The zero-order chi connectivity index (χ0) is 10.9. The Kier molecular flexibility index (Phi) is 3.71. The molecular weight excluding hydrogens is 391 g/mol. The molecule has 0 aromatic heterocycles. The van der Waals surface area contributed by atoms with Crippen LogP contribution in [0.5, 0.6) is 0 Å². The molecule has 0 spiro atoms. The Balaban J connectivity index is 4.34. The minimum absolute atomic E-state index is 2.60. The first-order chi connectivity index (χ1) is 5.55. The molecule has 0 unspecified atom stereocenters. The van der Waals surface area contributed by atoms with Crippen molar-refractivity contribution in [3.8, 4) is 0 Å². The number of carbonyl (C=O) groups is 2. The van der Waals surface area contributed by atoms with Crippen LogP contribution in [0.4, 0.5) is 26.3 Å². The van der Waals surface area contributed by atoms with Crippen LogP contribution in [-0.2, 0) is 29.3 Å². The molecule has 2 nitrogen and oxygen atoms in total. The third kappa shape index (κ3) is 4.44. The summed E-state index contributed by atoms with van der Waals surface area (Å²) < 4.78 is 62.9. The molecule has 0 aromatic carbocycles. The van der Waals surface area contributed by atoms with Gasteiger partial charge in [0.25, 0.3) is 0 Å². The predicted octanol–water partition coefficient (Wildman–Crippen LogP) is 1.25. The van der Waals surface area contributed by atoms with E-state index in [9.17, 15) is 35.9 Å². The fraction of sp³-hybridized carbons (Fsp3) is 0.500. The van der Waals surface area contributed by atoms with Gasteiger partial charge in [-0.2, -0.15) is 0 Å². The van der Waals surface area contributed by atoms with Gasteiger partial charge in [-0.25, -0.2) is 0 Å². The minimum atomic E-state index is -5.36. The van der Waals surface area contributed by atoms with Crippen LogP contribution < -0.4 is 0 Å². The number of hydrogen-bond donors (Lipinski definition) is 0. The first kappa shape index (κ1) is 12.7. The quantitative estimate of drug-likeness (QED) is 0.525. The molecule has 0 radical (unpaired) electrons. The van der Waals surface area contributed by atoms with Crippen LogP contribution in [0.25, 0.3) is 0 Å². The van der Waals surface area contributed by atoms with E-state index in [0.29, 0.717) is 0 Å². The molecule has 0 amide bonds. The number of carbonyl (C=O) groups excluding carboxylic acids is 2. The van der Waals surface area contributed by atoms with Crippen LogP contribution >= 0.6 is 0 Å². The van der Waals surface area contributed by atoms with Gasteiger partial charge in [-0.05, 0) is 0 Å². The van der Waals surface area contributed by atoms with Crippen LogP contribution in [0, 0.1) is 0 Å². The summed E-state index contributed by atoms with van der Waals surface area (Å²) >= 11 is -3.09. The summed E-state index contributed by atoms with van der Waals surface area (Å²) in [5.74, 6) is 0. The topological polar surface area (TPSA) is 34.1 Å². The van der Waals surface area contributed by atoms with E-state index in [2.05, 4.69) is 0 Å². The van der Waals surface area contributed by atoms with Crippen LogP contribution in [0.3, 0.4) is 0 Å². The van der Waals surface area contributed by atoms with Crippen molar-refractivity contribution in [1.82, 2.24) is 0 Å². The first-order valence-corrected chi connectivity index (χ1v) is 4.51. The molecule has 0 aliphatic heterocycles. The molecule has 0 bridgehead atoms. The van der Waals surface area contributed by atoms with E-state index in [4.69, 9.17) is 0 Å². The molecule has 13 heavy (non-hydrogen) atoms. The zero-order valence-corrected chi connectivity index (χ0v) is 7.55. The van der Waals surface area contributed by atoms with Gasteiger partial charge in [0.05, 0.1) is 0 Å². The molecule has 0 aliphatic carbocycles. The van der Waals surface area contributed by atoms with Gasteiger partial charge in [0.15, 0.2) is 0 Å². The summed E-state index contributed by atoms with van der Waals surface area (Å²) in [4.78, 5) is 19.8. The summed E-state index contributed by atoms with van der Waals surface area (Å²) in [5, 5.41) is 0. The average Bonchev–Trinajstić information content (AvgIpc) is 1.82. The van der Waals surface area contributed by atoms with Crippen molar-refractivity contribution < 1.29 is 55.7 Å². The molecule has 0 atom stereocenters. The summed E-state index contributed by atoms with van der Waals surface area (Å²) in [6.45, 7) is 0. The molecule has 0 saturated carbocycles. The van der Waals surface area contributed by atoms with E-state index < -0.39 is 40.1 Å². The van der Waals surface area contributed by atoms with Crippen molar-refractivity contribution in [3.63, 3.8) is 0 Å². The Hall–Kier alpha value is -0.340. The number of halogens is 6. The summed E-state index contributed by atoms with van der Waals surface area (Å²) in [5.41, 5.74) is 0. The van der Waals surface area contributed by atoms with Crippen molar-refractivity contribution in [2.75, 3.05) is 0 Å². The van der Waals surface area contributed by atoms with Crippen molar-refractivity contribution in [2.24, 2.45) is 0 Å². The molecule has 0 N–H and O–H groups in total. The number of rotatable bonds is 2. The summed E-state index contributed by atoms with van der Waals surface area (Å²) in [7, 11) is 0. The van der Waals surface area contributed by atoms with E-state index in [1.165, 1.54) is 0 Å². The SMILES string of the molecule is O=[C]([Au][C](=O)C(F)(F)F)C(F)(F)F. The van der Waals surface area contributed by atoms with Crippen molar-refractivity contribution in [2.45, 2.75) is 12.4 Å². The molecule has 0 fully saturated rings. The second-order valence-electron chi connectivity index (χ2n) is 1.55. The van der Waals surface area contributed by atoms with Gasteiger partial charge in [-0.1, -0.05) is 0 Å². The molecule has 9 heteroatoms. The Bertz CT molecular complexity index is 204. The zero-order valence-electron chi connectivity index (χ0n) is 5.39. The Morgan fingerprint density at radius 2 is 1.00 bits per heavy atom. The van der Waals surface area contributed by atoms with Gasteiger partial charge >= 0.3 is 76.0 Å². The maximum atomic E-state index is 11.4. The van der Waals surface area contributed by atoms with Crippen molar-refractivity contribution >= 4 is 8.00 Å². The molecule has 0 heterocycles. The Morgan fingerprint density at radius 1 is 0.769 bits per heavy atom. The van der Waals surface area contributed by atoms with E-state index in [1.54, 1.807) is 0 Å². The van der Waals surface area contributed by atoms with Crippen LogP contribution in [0.1, 0.15) is 0 Å². The van der Waals surface area contributed by atoms with E-state index in [1.807, 2.05) is 0 Å². The van der Waals surface area contributed by atoms with Gasteiger partial charge in [-0.15, -0.1) is 0 Å². The molecule has 81 valence electrons. The van der Waals surface area contributed by atoms with E-state index >= 15 is 0 Å². The fourth-order valence-corrected chi connectivity index (χ4v) is 1.21. The summed E-state index contributed by atoms with van der Waals surface area (Å²) in [6.07, 6.45) is -10.7. The monoisotopic (exact) mass is 391 g/mol. The third-order valence-corrected chi connectivity index (χ3v) is 2.75. The molecule has 0 aromatic rings. The maximum absolute atomic E-state index is 11.4. The fourth-order valence-electron chi connectivity index (χ4n) is 0.148. The molecule has 0 rings (SSSR count). The third-order valence-electron chi connectivity index (χ3n) is 0.539. The van der Waals surface area contributed by atoms with Gasteiger partial charge in [0.2, 0.25) is 0 Å². The Morgan fingerprint density at radius 3 is 1.15 bits per heavy atom. The Labute approximate surface area is 76.6 Å².